The highest BCUT2D eigenvalue weighted by Crippen LogP contribution is 2.34. The molecule has 1 heterocycles. The van der Waals surface area contributed by atoms with Crippen LogP contribution < -0.4 is 5.32 Å². The number of ether oxygens (including phenoxy) is 1. The summed E-state index contributed by atoms with van der Waals surface area (Å²) >= 11 is 5.37. The molecule has 2 rings (SSSR count). The first kappa shape index (κ1) is 16.6. The van der Waals surface area contributed by atoms with Gasteiger partial charge in [0.15, 0.2) is 0 Å². The van der Waals surface area contributed by atoms with Crippen LogP contribution in [0.4, 0.5) is 0 Å². The Morgan fingerprint density at radius 3 is 2.76 bits per heavy atom. The Bertz CT molecular complexity index is 610. The monoisotopic (exact) mass is 368 g/mol. The number of aryl methyl sites for hydroxylation is 1. The average Bonchev–Trinajstić information content (AvgIpc) is 2.80. The highest BCUT2D eigenvalue weighted by Gasteiger charge is 2.14. The van der Waals surface area contributed by atoms with Gasteiger partial charge in [0.1, 0.15) is 5.01 Å². The smallest absolute Gasteiger partial charge is 0.125 e. The fourth-order valence-electron chi connectivity index (χ4n) is 1.98. The van der Waals surface area contributed by atoms with Crippen LogP contribution in [0, 0.1) is 6.92 Å². The lowest BCUT2D eigenvalue weighted by Gasteiger charge is -2.07. The van der Waals surface area contributed by atoms with Crippen molar-refractivity contribution >= 4 is 27.3 Å². The van der Waals surface area contributed by atoms with Gasteiger partial charge in [-0.25, -0.2) is 4.98 Å². The van der Waals surface area contributed by atoms with Gasteiger partial charge in [0.2, 0.25) is 0 Å². The molecule has 5 heteroatoms. The summed E-state index contributed by atoms with van der Waals surface area (Å²) < 4.78 is 6.37. The van der Waals surface area contributed by atoms with E-state index < -0.39 is 0 Å². The lowest BCUT2D eigenvalue weighted by Crippen LogP contribution is -2.21. The van der Waals surface area contributed by atoms with Crippen molar-refractivity contribution in [1.29, 1.82) is 0 Å². The summed E-state index contributed by atoms with van der Waals surface area (Å²) in [6.07, 6.45) is 0. The molecular formula is C16H21BrN2OS. The quantitative estimate of drug-likeness (QED) is 0.813. The molecule has 1 N–H and O–H groups in total. The van der Waals surface area contributed by atoms with E-state index in [1.807, 2.05) is 0 Å². The van der Waals surface area contributed by atoms with Gasteiger partial charge in [-0.3, -0.25) is 0 Å². The van der Waals surface area contributed by atoms with Gasteiger partial charge in [-0.15, -0.1) is 11.3 Å². The van der Waals surface area contributed by atoms with Crippen LogP contribution in [0.25, 0.3) is 10.6 Å². The zero-order chi connectivity index (χ0) is 15.4. The molecule has 0 spiro atoms. The largest absolute Gasteiger partial charge is 0.378 e. The molecular weight excluding hydrogens is 348 g/mol. The maximum absolute atomic E-state index is 5.28. The molecule has 0 unspecified atom stereocenters. The minimum atomic E-state index is 0.456. The summed E-state index contributed by atoms with van der Waals surface area (Å²) in [6.45, 7) is 7.76. The van der Waals surface area contributed by atoms with E-state index in [0.29, 0.717) is 12.6 Å². The van der Waals surface area contributed by atoms with Crippen LogP contribution in [-0.4, -0.2) is 18.1 Å². The molecule has 0 aliphatic carbocycles. The van der Waals surface area contributed by atoms with Crippen molar-refractivity contribution in [3.8, 4) is 10.6 Å². The molecule has 0 saturated heterocycles. The van der Waals surface area contributed by atoms with Crippen LogP contribution in [0.1, 0.15) is 30.0 Å². The number of thiazole rings is 1. The number of benzene rings is 1. The summed E-state index contributed by atoms with van der Waals surface area (Å²) in [5.74, 6) is 0. The number of aromatic nitrogens is 1. The molecule has 0 atom stereocenters. The molecule has 0 radical (unpaired) electrons. The molecule has 21 heavy (non-hydrogen) atoms. The standard InChI is InChI=1S/C16H21BrN2OS/c1-10(2)18-8-15-14(9-20-4)19-16(21-15)12-6-5-11(3)7-13(12)17/h5-7,10,18H,8-9H2,1-4H3. The van der Waals surface area contributed by atoms with Crippen LogP contribution in [0.5, 0.6) is 0 Å². The molecule has 0 aliphatic rings. The van der Waals surface area contributed by atoms with E-state index in [-0.39, 0.29) is 0 Å². The van der Waals surface area contributed by atoms with Crippen molar-refractivity contribution in [2.45, 2.75) is 40.0 Å². The van der Waals surface area contributed by atoms with E-state index in [1.54, 1.807) is 18.4 Å². The lowest BCUT2D eigenvalue weighted by molar-refractivity contribution is 0.181. The molecule has 2 aromatic rings. The van der Waals surface area contributed by atoms with Crippen molar-refractivity contribution in [2.75, 3.05) is 7.11 Å². The zero-order valence-corrected chi connectivity index (χ0v) is 15.3. The van der Waals surface area contributed by atoms with Crippen LogP contribution in [0.15, 0.2) is 22.7 Å². The Morgan fingerprint density at radius 2 is 2.14 bits per heavy atom. The van der Waals surface area contributed by atoms with Gasteiger partial charge in [0.25, 0.3) is 0 Å². The van der Waals surface area contributed by atoms with E-state index in [9.17, 15) is 0 Å². The Balaban J connectivity index is 2.33. The lowest BCUT2D eigenvalue weighted by atomic mass is 10.2. The van der Waals surface area contributed by atoms with E-state index >= 15 is 0 Å². The summed E-state index contributed by atoms with van der Waals surface area (Å²) in [5.41, 5.74) is 3.40. The van der Waals surface area contributed by atoms with E-state index in [1.165, 1.54) is 10.4 Å². The Kier molecular flexibility index (Phi) is 5.93. The first-order valence-corrected chi connectivity index (χ1v) is 8.59. The number of hydrogen-bond acceptors (Lipinski definition) is 4. The first-order chi connectivity index (χ1) is 10.0. The second-order valence-electron chi connectivity index (χ2n) is 5.34. The van der Waals surface area contributed by atoms with E-state index in [0.717, 1.165) is 27.3 Å². The first-order valence-electron chi connectivity index (χ1n) is 6.98. The van der Waals surface area contributed by atoms with Gasteiger partial charge in [0.05, 0.1) is 12.3 Å². The molecule has 0 fully saturated rings. The van der Waals surface area contributed by atoms with Crippen molar-refractivity contribution in [3.63, 3.8) is 0 Å². The third-order valence-electron chi connectivity index (χ3n) is 3.09. The topological polar surface area (TPSA) is 34.1 Å². The number of nitrogens with zero attached hydrogens (tertiary/aromatic N) is 1. The predicted molar refractivity (Wildman–Crippen MR) is 92.7 cm³/mol. The Labute approximate surface area is 138 Å². The van der Waals surface area contributed by atoms with Gasteiger partial charge in [-0.2, -0.15) is 0 Å². The van der Waals surface area contributed by atoms with Gasteiger partial charge in [-0.05, 0) is 18.6 Å². The fraction of sp³-hybridized carbons (Fsp3) is 0.438. The zero-order valence-electron chi connectivity index (χ0n) is 12.9. The SMILES string of the molecule is COCc1nc(-c2ccc(C)cc2Br)sc1CNC(C)C. The summed E-state index contributed by atoms with van der Waals surface area (Å²) in [5, 5.41) is 4.49. The maximum Gasteiger partial charge on any atom is 0.125 e. The van der Waals surface area contributed by atoms with Gasteiger partial charge >= 0.3 is 0 Å². The van der Waals surface area contributed by atoms with Crippen LogP contribution in [0.2, 0.25) is 0 Å². The van der Waals surface area contributed by atoms with E-state index in [2.05, 4.69) is 60.2 Å². The number of halogens is 1. The molecule has 1 aromatic carbocycles. The van der Waals surface area contributed by atoms with Crippen LogP contribution in [-0.2, 0) is 17.9 Å². The molecule has 0 bridgehead atoms. The number of rotatable bonds is 6. The van der Waals surface area contributed by atoms with Gasteiger partial charge < -0.3 is 10.1 Å². The van der Waals surface area contributed by atoms with Crippen molar-refractivity contribution in [1.82, 2.24) is 10.3 Å². The third kappa shape index (κ3) is 4.36. The molecule has 0 aliphatic heterocycles. The predicted octanol–water partition coefficient (Wildman–Crippen LogP) is 4.53. The third-order valence-corrected chi connectivity index (χ3v) is 4.87. The van der Waals surface area contributed by atoms with Crippen LogP contribution >= 0.6 is 27.3 Å². The molecule has 0 amide bonds. The highest BCUT2D eigenvalue weighted by atomic mass is 79.9. The summed E-state index contributed by atoms with van der Waals surface area (Å²) in [7, 11) is 1.71. The minimum Gasteiger partial charge on any atom is -0.378 e. The maximum atomic E-state index is 5.28. The van der Waals surface area contributed by atoms with Crippen molar-refractivity contribution in [2.24, 2.45) is 0 Å². The number of methoxy groups -OCH3 is 1. The second-order valence-corrected chi connectivity index (χ2v) is 7.28. The van der Waals surface area contributed by atoms with Gasteiger partial charge in [0, 0.05) is 34.6 Å². The van der Waals surface area contributed by atoms with E-state index in [4.69, 9.17) is 9.72 Å². The highest BCUT2D eigenvalue weighted by molar-refractivity contribution is 9.10. The number of hydrogen-bond donors (Lipinski definition) is 1. The molecule has 0 saturated carbocycles. The Hall–Kier alpha value is -0.750. The van der Waals surface area contributed by atoms with Crippen LogP contribution in [0.3, 0.4) is 0 Å². The van der Waals surface area contributed by atoms with Crippen molar-refractivity contribution < 1.29 is 4.74 Å². The normalized spacial score (nSPS) is 11.3. The fourth-order valence-corrected chi connectivity index (χ4v) is 3.84. The summed E-state index contributed by atoms with van der Waals surface area (Å²) in [6, 6.07) is 6.81. The average molecular weight is 369 g/mol. The second kappa shape index (κ2) is 7.49. The minimum absolute atomic E-state index is 0.456. The molecule has 1 aromatic heterocycles. The molecule has 114 valence electrons. The molecule has 3 nitrogen and oxygen atoms in total. The van der Waals surface area contributed by atoms with Crippen molar-refractivity contribution in [3.05, 3.63) is 38.8 Å². The van der Waals surface area contributed by atoms with Gasteiger partial charge in [-0.1, -0.05) is 41.9 Å². The number of nitrogens with one attached hydrogen (secondary N) is 1. The summed E-state index contributed by atoms with van der Waals surface area (Å²) in [4.78, 5) is 6.01. The Morgan fingerprint density at radius 1 is 1.38 bits per heavy atom.